The lowest BCUT2D eigenvalue weighted by molar-refractivity contribution is -0.0826. The molecular weight excluding hydrogens is 343 g/mol. The summed E-state index contributed by atoms with van der Waals surface area (Å²) in [6.45, 7) is 5.76. The van der Waals surface area contributed by atoms with Gasteiger partial charge in [-0.2, -0.15) is 26.3 Å². The van der Waals surface area contributed by atoms with Gasteiger partial charge in [0.15, 0.2) is 5.90 Å². The molecule has 2 rings (SSSR count). The summed E-state index contributed by atoms with van der Waals surface area (Å²) in [4.78, 5) is 4.18. The summed E-state index contributed by atoms with van der Waals surface area (Å²) in [6, 6.07) is -0.316. The molecule has 1 fully saturated rings. The second-order valence-corrected chi connectivity index (χ2v) is 8.39. The van der Waals surface area contributed by atoms with Crippen molar-refractivity contribution in [1.82, 2.24) is 0 Å². The molecule has 2 aliphatic rings. The predicted molar refractivity (Wildman–Crippen MR) is 75.0 cm³/mol. The van der Waals surface area contributed by atoms with Crippen molar-refractivity contribution >= 4 is 13.8 Å². The van der Waals surface area contributed by atoms with Gasteiger partial charge in [0.1, 0.15) is 14.5 Å². The molecule has 0 amide bonds. The first-order valence-electron chi connectivity index (χ1n) is 6.72. The van der Waals surface area contributed by atoms with E-state index in [-0.39, 0.29) is 29.9 Å². The lowest BCUT2D eigenvalue weighted by atomic mass is 9.88. The van der Waals surface area contributed by atoms with Gasteiger partial charge >= 0.3 is 11.8 Å². The molecule has 0 N–H and O–H groups in total. The molecule has 0 saturated heterocycles. The molecule has 1 aliphatic heterocycles. The second kappa shape index (κ2) is 6.08. The quantitative estimate of drug-likeness (QED) is 0.498. The smallest absolute Gasteiger partial charge is 0.414 e. The molecule has 1 heterocycles. The number of hydrogen-bond donors (Lipinski definition) is 0. The third kappa shape index (κ3) is 4.12. The average molecular weight is 358 g/mol. The fraction of sp³-hybridized carbons (Fsp3) is 0.571. The van der Waals surface area contributed by atoms with Crippen molar-refractivity contribution in [1.29, 1.82) is 0 Å². The number of ether oxygens (including phenoxy) is 1. The van der Waals surface area contributed by atoms with Crippen molar-refractivity contribution in [3.63, 3.8) is 0 Å². The monoisotopic (exact) mass is 358 g/mol. The van der Waals surface area contributed by atoms with Gasteiger partial charge in [-0.15, -0.1) is 0 Å². The standard InChI is InChI=1S/C14H15F6NOP/c1-12(2,3)10-7-22-11(21-10)8-5-4-6-9(8)23(13(15,16)17)14(18,19)20/h4-6,10H,7H2,1-3H3/t10-/m1/s1. The Hall–Kier alpha value is -0.520. The first-order valence-corrected chi connectivity index (χ1v) is 8.06. The van der Waals surface area contributed by atoms with Gasteiger partial charge in [-0.3, -0.25) is 0 Å². The highest BCUT2D eigenvalue weighted by atomic mass is 31.1. The minimum atomic E-state index is -5.38. The van der Waals surface area contributed by atoms with E-state index in [0.29, 0.717) is 0 Å². The number of rotatable bonds is 2. The van der Waals surface area contributed by atoms with Crippen molar-refractivity contribution in [2.24, 2.45) is 10.4 Å². The topological polar surface area (TPSA) is 21.6 Å². The first-order chi connectivity index (χ1) is 10.3. The van der Waals surface area contributed by atoms with E-state index in [1.54, 1.807) is 0 Å². The second-order valence-electron chi connectivity index (χ2n) is 6.22. The van der Waals surface area contributed by atoms with Crippen LogP contribution in [-0.2, 0) is 4.74 Å². The van der Waals surface area contributed by atoms with E-state index in [1.807, 2.05) is 20.8 Å². The van der Waals surface area contributed by atoms with Gasteiger partial charge in [0.2, 0.25) is 0 Å². The third-order valence-corrected chi connectivity index (χ3v) is 5.31. The molecule has 23 heavy (non-hydrogen) atoms. The molecule has 1 atom stereocenters. The summed E-state index contributed by atoms with van der Waals surface area (Å²) in [7, 11) is -4.34. The molecule has 0 bridgehead atoms. The van der Waals surface area contributed by atoms with Crippen molar-refractivity contribution in [3.05, 3.63) is 30.8 Å². The highest BCUT2D eigenvalue weighted by Crippen LogP contribution is 2.74. The van der Waals surface area contributed by atoms with Crippen LogP contribution < -0.4 is 0 Å². The summed E-state index contributed by atoms with van der Waals surface area (Å²) < 4.78 is 82.9. The molecular formula is C14H15F6NOP. The summed E-state index contributed by atoms with van der Waals surface area (Å²) in [5, 5.41) is 0. The Morgan fingerprint density at radius 3 is 2.04 bits per heavy atom. The predicted octanol–water partition coefficient (Wildman–Crippen LogP) is 5.08. The molecule has 1 aliphatic carbocycles. The van der Waals surface area contributed by atoms with Crippen LogP contribution in [0.25, 0.3) is 0 Å². The Labute approximate surface area is 132 Å². The summed E-state index contributed by atoms with van der Waals surface area (Å²) in [5.74, 6) is -11.1. The zero-order valence-electron chi connectivity index (χ0n) is 12.6. The van der Waals surface area contributed by atoms with E-state index in [4.69, 9.17) is 4.74 Å². The third-order valence-electron chi connectivity index (χ3n) is 3.42. The van der Waals surface area contributed by atoms with Gasteiger partial charge in [-0.1, -0.05) is 20.8 Å². The van der Waals surface area contributed by atoms with Crippen LogP contribution in [0.4, 0.5) is 26.3 Å². The lowest BCUT2D eigenvalue weighted by Crippen LogP contribution is -2.26. The van der Waals surface area contributed by atoms with Crippen LogP contribution in [0.5, 0.6) is 0 Å². The lowest BCUT2D eigenvalue weighted by Gasteiger charge is -2.30. The Morgan fingerprint density at radius 2 is 1.61 bits per heavy atom. The molecule has 129 valence electrons. The van der Waals surface area contributed by atoms with Crippen LogP contribution in [0.15, 0.2) is 4.99 Å². The Balaban J connectivity index is 2.27. The number of nitrogens with zero attached hydrogens (tertiary/aromatic N) is 1. The van der Waals surface area contributed by atoms with E-state index in [0.717, 1.165) is 12.8 Å². The Bertz CT molecular complexity index is 453. The van der Waals surface area contributed by atoms with E-state index >= 15 is 0 Å². The van der Waals surface area contributed by atoms with Gasteiger partial charge in [0.25, 0.3) is 0 Å². The fourth-order valence-electron chi connectivity index (χ4n) is 2.17. The number of aliphatic imine (C=N–C) groups is 1. The SMILES string of the molecule is CC(C)(C)[C@H]1COC([C]2[CH][CH][CH][C]2P(C(F)(F)F)C(F)(F)F)=N1. The van der Waals surface area contributed by atoms with Crippen molar-refractivity contribution in [3.8, 4) is 0 Å². The molecule has 2 nitrogen and oxygen atoms in total. The normalized spacial score (nSPS) is 25.1. The summed E-state index contributed by atoms with van der Waals surface area (Å²) in [5.41, 5.74) is -1.11. The maximum atomic E-state index is 12.9. The van der Waals surface area contributed by atoms with Crippen LogP contribution >= 0.6 is 7.92 Å². The number of halogens is 6. The fourth-order valence-corrected chi connectivity index (χ4v) is 3.65. The van der Waals surface area contributed by atoms with Gasteiger partial charge in [0, 0.05) is 5.66 Å². The van der Waals surface area contributed by atoms with E-state index < -0.39 is 25.4 Å². The zero-order chi connectivity index (χ0) is 17.6. The molecule has 0 aromatic heterocycles. The van der Waals surface area contributed by atoms with Gasteiger partial charge in [0.05, 0.1) is 12.0 Å². The average Bonchev–Trinajstić information content (AvgIpc) is 2.90. The molecule has 0 aromatic rings. The van der Waals surface area contributed by atoms with Crippen molar-refractivity contribution < 1.29 is 31.1 Å². The Morgan fingerprint density at radius 1 is 1.04 bits per heavy atom. The van der Waals surface area contributed by atoms with E-state index in [1.165, 1.54) is 6.42 Å². The maximum Gasteiger partial charge on any atom is 0.414 e. The minimum absolute atomic E-state index is 0.138. The molecule has 1 saturated carbocycles. The molecule has 0 spiro atoms. The zero-order valence-corrected chi connectivity index (χ0v) is 13.5. The number of hydrogen-bond acceptors (Lipinski definition) is 2. The minimum Gasteiger partial charge on any atom is -0.478 e. The first kappa shape index (κ1) is 18.8. The molecule has 9 heteroatoms. The van der Waals surface area contributed by atoms with E-state index in [2.05, 4.69) is 4.99 Å². The van der Waals surface area contributed by atoms with Crippen LogP contribution in [0, 0.1) is 36.3 Å². The van der Waals surface area contributed by atoms with Crippen molar-refractivity contribution in [2.45, 2.75) is 38.6 Å². The molecule has 0 aromatic carbocycles. The van der Waals surface area contributed by atoms with Crippen LogP contribution in [0.3, 0.4) is 0 Å². The van der Waals surface area contributed by atoms with Gasteiger partial charge < -0.3 is 4.74 Å². The van der Waals surface area contributed by atoms with Crippen LogP contribution in [0.1, 0.15) is 20.8 Å². The maximum absolute atomic E-state index is 12.9. The largest absolute Gasteiger partial charge is 0.478 e. The molecule has 5 radical (unpaired) electrons. The van der Waals surface area contributed by atoms with Gasteiger partial charge in [-0.05, 0) is 24.7 Å². The van der Waals surface area contributed by atoms with Gasteiger partial charge in [-0.25, -0.2) is 4.99 Å². The molecule has 0 unspecified atom stereocenters. The Kier molecular flexibility index (Phi) is 4.98. The van der Waals surface area contributed by atoms with E-state index in [9.17, 15) is 26.3 Å². The number of alkyl halides is 6. The highest BCUT2D eigenvalue weighted by molar-refractivity contribution is 7.63. The van der Waals surface area contributed by atoms with Crippen LogP contribution in [0.2, 0.25) is 0 Å². The summed E-state index contributed by atoms with van der Waals surface area (Å²) >= 11 is 0. The van der Waals surface area contributed by atoms with Crippen LogP contribution in [-0.4, -0.2) is 30.4 Å². The highest BCUT2D eigenvalue weighted by Gasteiger charge is 2.63. The summed E-state index contributed by atoms with van der Waals surface area (Å²) in [6.07, 6.45) is 3.19. The van der Waals surface area contributed by atoms with Crippen molar-refractivity contribution in [2.75, 3.05) is 6.61 Å².